The Labute approximate surface area is 148 Å². The van der Waals surface area contributed by atoms with E-state index in [0.29, 0.717) is 18.3 Å². The van der Waals surface area contributed by atoms with Gasteiger partial charge >= 0.3 is 6.09 Å². The molecule has 0 saturated carbocycles. The molecule has 6 heteroatoms. The maximum Gasteiger partial charge on any atom is 0.410 e. The molecule has 1 amide bonds. The van der Waals surface area contributed by atoms with Crippen LogP contribution in [0.1, 0.15) is 56.6 Å². The van der Waals surface area contributed by atoms with Crippen molar-refractivity contribution in [3.63, 3.8) is 0 Å². The summed E-state index contributed by atoms with van der Waals surface area (Å²) in [6.45, 7) is 10.3. The predicted molar refractivity (Wildman–Crippen MR) is 94.1 cm³/mol. The number of hydrogen-bond acceptors (Lipinski definition) is 5. The molecule has 2 heterocycles. The second-order valence-electron chi connectivity index (χ2n) is 7.54. The van der Waals surface area contributed by atoms with E-state index in [1.807, 2.05) is 39.8 Å². The second-order valence-corrected chi connectivity index (χ2v) is 7.54. The molecule has 0 bridgehead atoms. The first-order chi connectivity index (χ1) is 11.8. The normalized spacial score (nSPS) is 17.8. The number of hydrogen-bond donors (Lipinski definition) is 0. The van der Waals surface area contributed by atoms with Crippen LogP contribution in [0.15, 0.2) is 22.7 Å². The van der Waals surface area contributed by atoms with Crippen LogP contribution in [0.2, 0.25) is 0 Å². The molecule has 1 atom stereocenters. The number of ether oxygens (including phenoxy) is 1. The summed E-state index contributed by atoms with van der Waals surface area (Å²) in [7, 11) is 0. The Kier molecular flexibility index (Phi) is 4.54. The van der Waals surface area contributed by atoms with Gasteiger partial charge in [0.1, 0.15) is 5.60 Å². The molecule has 6 nitrogen and oxygen atoms in total. The van der Waals surface area contributed by atoms with Crippen molar-refractivity contribution < 1.29 is 14.1 Å². The predicted octanol–water partition coefficient (Wildman–Crippen LogP) is 4.43. The first-order valence-corrected chi connectivity index (χ1v) is 8.66. The topological polar surface area (TPSA) is 68.5 Å². The van der Waals surface area contributed by atoms with Crippen molar-refractivity contribution in [2.75, 3.05) is 6.54 Å². The Bertz CT molecular complexity index is 776. The molecule has 1 aromatic heterocycles. The molecule has 0 spiro atoms. The molecule has 3 rings (SSSR count). The van der Waals surface area contributed by atoms with Crippen molar-refractivity contribution in [2.45, 2.75) is 59.1 Å². The van der Waals surface area contributed by atoms with Gasteiger partial charge in [-0.3, -0.25) is 4.90 Å². The van der Waals surface area contributed by atoms with Gasteiger partial charge < -0.3 is 9.26 Å². The number of aromatic nitrogens is 2. The smallest absolute Gasteiger partial charge is 0.410 e. The molecule has 1 aromatic carbocycles. The summed E-state index contributed by atoms with van der Waals surface area (Å²) in [5, 5.41) is 4.14. The van der Waals surface area contributed by atoms with E-state index >= 15 is 0 Å². The van der Waals surface area contributed by atoms with E-state index < -0.39 is 5.60 Å². The van der Waals surface area contributed by atoms with Gasteiger partial charge in [-0.15, -0.1) is 0 Å². The van der Waals surface area contributed by atoms with E-state index in [9.17, 15) is 4.79 Å². The number of benzene rings is 1. The summed E-state index contributed by atoms with van der Waals surface area (Å²) in [6.07, 6.45) is 1.38. The molecule has 134 valence electrons. The van der Waals surface area contributed by atoms with Crippen LogP contribution < -0.4 is 0 Å². The number of aryl methyl sites for hydroxylation is 1. The standard InChI is InChI=1S/C19H25N3O3/c1-12-8-6-9-14(13(12)2)17-20-16(21-25-17)15-10-7-11-22(15)18(23)24-19(3,4)5/h6,8-9,15H,7,10-11H2,1-5H3. The van der Waals surface area contributed by atoms with Crippen LogP contribution >= 0.6 is 0 Å². The minimum Gasteiger partial charge on any atom is -0.444 e. The van der Waals surface area contributed by atoms with Gasteiger partial charge in [0.15, 0.2) is 5.82 Å². The average Bonchev–Trinajstić information content (AvgIpc) is 3.16. The molecule has 25 heavy (non-hydrogen) atoms. The Morgan fingerprint density at radius 3 is 2.80 bits per heavy atom. The zero-order chi connectivity index (χ0) is 18.2. The first-order valence-electron chi connectivity index (χ1n) is 8.66. The van der Waals surface area contributed by atoms with Crippen molar-refractivity contribution in [1.29, 1.82) is 0 Å². The SMILES string of the molecule is Cc1cccc(-c2nc(C3CCCN3C(=O)OC(C)(C)C)no2)c1C. The van der Waals surface area contributed by atoms with Gasteiger partial charge in [-0.05, 0) is 64.7 Å². The molecular formula is C19H25N3O3. The summed E-state index contributed by atoms with van der Waals surface area (Å²) in [5.41, 5.74) is 2.70. The zero-order valence-electron chi connectivity index (χ0n) is 15.5. The third-order valence-corrected chi connectivity index (χ3v) is 4.46. The van der Waals surface area contributed by atoms with Crippen LogP contribution in [-0.2, 0) is 4.74 Å². The lowest BCUT2D eigenvalue weighted by atomic mass is 10.0. The fraction of sp³-hybridized carbons (Fsp3) is 0.526. The van der Waals surface area contributed by atoms with E-state index in [1.165, 1.54) is 5.56 Å². The third-order valence-electron chi connectivity index (χ3n) is 4.46. The molecule has 1 aliphatic rings. The molecular weight excluding hydrogens is 318 g/mol. The van der Waals surface area contributed by atoms with E-state index in [0.717, 1.165) is 24.0 Å². The van der Waals surface area contributed by atoms with Crippen LogP contribution in [0.3, 0.4) is 0 Å². The van der Waals surface area contributed by atoms with E-state index in [1.54, 1.807) is 4.90 Å². The van der Waals surface area contributed by atoms with Gasteiger partial charge in [-0.25, -0.2) is 4.79 Å². The Morgan fingerprint density at radius 2 is 2.08 bits per heavy atom. The summed E-state index contributed by atoms with van der Waals surface area (Å²) in [6, 6.07) is 5.80. The highest BCUT2D eigenvalue weighted by molar-refractivity contribution is 5.69. The van der Waals surface area contributed by atoms with Gasteiger partial charge in [0.05, 0.1) is 6.04 Å². The van der Waals surface area contributed by atoms with Gasteiger partial charge in [0, 0.05) is 12.1 Å². The molecule has 2 aromatic rings. The number of carbonyl (C=O) groups excluding carboxylic acids is 1. The summed E-state index contributed by atoms with van der Waals surface area (Å²) in [4.78, 5) is 18.7. The fourth-order valence-electron chi connectivity index (χ4n) is 3.04. The van der Waals surface area contributed by atoms with Crippen LogP contribution in [0, 0.1) is 13.8 Å². The molecule has 1 aliphatic heterocycles. The molecule has 1 unspecified atom stereocenters. The lowest BCUT2D eigenvalue weighted by molar-refractivity contribution is 0.0217. The number of carbonyl (C=O) groups is 1. The van der Waals surface area contributed by atoms with E-state index in [-0.39, 0.29) is 12.1 Å². The van der Waals surface area contributed by atoms with Crippen molar-refractivity contribution in [3.8, 4) is 11.5 Å². The summed E-state index contributed by atoms with van der Waals surface area (Å²) < 4.78 is 11.0. The van der Waals surface area contributed by atoms with Crippen molar-refractivity contribution in [1.82, 2.24) is 15.0 Å². The lowest BCUT2D eigenvalue weighted by Crippen LogP contribution is -2.36. The second kappa shape index (κ2) is 6.50. The molecule has 0 N–H and O–H groups in total. The number of nitrogens with zero attached hydrogens (tertiary/aromatic N) is 3. The van der Waals surface area contributed by atoms with E-state index in [2.05, 4.69) is 23.1 Å². The Morgan fingerprint density at radius 1 is 1.32 bits per heavy atom. The van der Waals surface area contributed by atoms with Gasteiger partial charge in [-0.1, -0.05) is 17.3 Å². The zero-order valence-corrected chi connectivity index (χ0v) is 15.5. The number of rotatable bonds is 2. The third kappa shape index (κ3) is 3.67. The molecule has 1 saturated heterocycles. The minimum absolute atomic E-state index is 0.197. The van der Waals surface area contributed by atoms with Gasteiger partial charge in [0.2, 0.25) is 0 Å². The quantitative estimate of drug-likeness (QED) is 0.807. The average molecular weight is 343 g/mol. The summed E-state index contributed by atoms with van der Waals surface area (Å²) in [5.74, 6) is 1.03. The molecule has 0 radical (unpaired) electrons. The minimum atomic E-state index is -0.523. The van der Waals surface area contributed by atoms with Gasteiger partial charge in [-0.2, -0.15) is 4.98 Å². The Hall–Kier alpha value is -2.37. The van der Waals surface area contributed by atoms with Crippen molar-refractivity contribution in [2.24, 2.45) is 0 Å². The van der Waals surface area contributed by atoms with E-state index in [4.69, 9.17) is 9.26 Å². The number of likely N-dealkylation sites (tertiary alicyclic amines) is 1. The van der Waals surface area contributed by atoms with Crippen molar-refractivity contribution in [3.05, 3.63) is 35.2 Å². The lowest BCUT2D eigenvalue weighted by Gasteiger charge is -2.27. The first kappa shape index (κ1) is 17.5. The monoisotopic (exact) mass is 343 g/mol. The molecule has 1 fully saturated rings. The maximum atomic E-state index is 12.4. The highest BCUT2D eigenvalue weighted by atomic mass is 16.6. The van der Waals surface area contributed by atoms with Crippen LogP contribution in [0.5, 0.6) is 0 Å². The fourth-order valence-corrected chi connectivity index (χ4v) is 3.04. The van der Waals surface area contributed by atoms with Gasteiger partial charge in [0.25, 0.3) is 5.89 Å². The van der Waals surface area contributed by atoms with Crippen LogP contribution in [0.25, 0.3) is 11.5 Å². The Balaban J connectivity index is 1.84. The van der Waals surface area contributed by atoms with Crippen LogP contribution in [0.4, 0.5) is 4.79 Å². The van der Waals surface area contributed by atoms with Crippen LogP contribution in [-0.4, -0.2) is 33.3 Å². The highest BCUT2D eigenvalue weighted by Crippen LogP contribution is 2.33. The molecule has 0 aliphatic carbocycles. The largest absolute Gasteiger partial charge is 0.444 e. The maximum absolute atomic E-state index is 12.4. The highest BCUT2D eigenvalue weighted by Gasteiger charge is 2.36. The summed E-state index contributed by atoms with van der Waals surface area (Å²) >= 11 is 0. The van der Waals surface area contributed by atoms with Crippen molar-refractivity contribution >= 4 is 6.09 Å². The number of amides is 1.